The van der Waals surface area contributed by atoms with Gasteiger partial charge in [-0.1, -0.05) is 26.3 Å². The molecule has 1 aromatic rings. The fraction of sp³-hybridized carbons (Fsp3) is 0.455. The topological polar surface area (TPSA) is 40.5 Å². The minimum absolute atomic E-state index is 0.0274. The minimum atomic E-state index is -0.0487. The molecular weight excluding hydrogens is 164 g/mol. The maximum atomic E-state index is 9.27. The first-order valence-electron chi connectivity index (χ1n) is 4.67. The summed E-state index contributed by atoms with van der Waals surface area (Å²) in [4.78, 5) is 0. The third-order valence-corrected chi connectivity index (χ3v) is 2.29. The van der Waals surface area contributed by atoms with Crippen molar-refractivity contribution >= 4 is 0 Å². The number of benzene rings is 1. The zero-order chi connectivity index (χ0) is 9.84. The van der Waals surface area contributed by atoms with Crippen molar-refractivity contribution in [2.75, 3.05) is 0 Å². The molecule has 0 spiro atoms. The van der Waals surface area contributed by atoms with E-state index in [9.17, 15) is 5.11 Å². The molecule has 0 aliphatic rings. The summed E-state index contributed by atoms with van der Waals surface area (Å²) >= 11 is 0. The van der Waals surface area contributed by atoms with Crippen LogP contribution in [0.2, 0.25) is 0 Å². The highest BCUT2D eigenvalue weighted by atomic mass is 16.3. The average Bonchev–Trinajstić information content (AvgIpc) is 2.10. The lowest BCUT2D eigenvalue weighted by atomic mass is 9.96. The van der Waals surface area contributed by atoms with Gasteiger partial charge in [0.15, 0.2) is 11.5 Å². The SMILES string of the molecule is CCCC(C)c1ccc(O)c(O)c1. The summed E-state index contributed by atoms with van der Waals surface area (Å²) in [5.74, 6) is 0.365. The highest BCUT2D eigenvalue weighted by Crippen LogP contribution is 2.29. The van der Waals surface area contributed by atoms with E-state index < -0.39 is 0 Å². The van der Waals surface area contributed by atoms with Crippen molar-refractivity contribution in [2.45, 2.75) is 32.6 Å². The summed E-state index contributed by atoms with van der Waals surface area (Å²) < 4.78 is 0. The molecule has 0 saturated heterocycles. The van der Waals surface area contributed by atoms with Crippen molar-refractivity contribution in [3.05, 3.63) is 23.8 Å². The molecule has 0 heterocycles. The van der Waals surface area contributed by atoms with Crippen LogP contribution in [0.15, 0.2) is 18.2 Å². The number of aromatic hydroxyl groups is 2. The Morgan fingerprint density at radius 3 is 2.46 bits per heavy atom. The molecule has 0 bridgehead atoms. The summed E-state index contributed by atoms with van der Waals surface area (Å²) in [5, 5.41) is 18.4. The highest BCUT2D eigenvalue weighted by molar-refractivity contribution is 5.41. The van der Waals surface area contributed by atoms with Gasteiger partial charge in [-0.25, -0.2) is 0 Å². The number of phenols is 2. The Kier molecular flexibility index (Phi) is 3.18. The molecule has 13 heavy (non-hydrogen) atoms. The first-order chi connectivity index (χ1) is 6.15. The van der Waals surface area contributed by atoms with Crippen LogP contribution in [0.5, 0.6) is 11.5 Å². The molecular formula is C11H16O2. The van der Waals surface area contributed by atoms with Crippen LogP contribution in [0.3, 0.4) is 0 Å². The van der Waals surface area contributed by atoms with Gasteiger partial charge in [-0.3, -0.25) is 0 Å². The van der Waals surface area contributed by atoms with Crippen LogP contribution in [0, 0.1) is 0 Å². The van der Waals surface area contributed by atoms with E-state index >= 15 is 0 Å². The zero-order valence-electron chi connectivity index (χ0n) is 8.12. The minimum Gasteiger partial charge on any atom is -0.504 e. The molecule has 72 valence electrons. The van der Waals surface area contributed by atoms with Gasteiger partial charge in [0.1, 0.15) is 0 Å². The summed E-state index contributed by atoms with van der Waals surface area (Å²) in [7, 11) is 0. The molecule has 2 heteroatoms. The van der Waals surface area contributed by atoms with Gasteiger partial charge in [0.2, 0.25) is 0 Å². The van der Waals surface area contributed by atoms with Crippen LogP contribution in [0.4, 0.5) is 0 Å². The molecule has 1 atom stereocenters. The van der Waals surface area contributed by atoms with Gasteiger partial charge in [-0.05, 0) is 30.0 Å². The molecule has 0 aromatic heterocycles. The molecule has 0 radical (unpaired) electrons. The number of hydrogen-bond donors (Lipinski definition) is 2. The number of hydrogen-bond acceptors (Lipinski definition) is 2. The van der Waals surface area contributed by atoms with E-state index in [4.69, 9.17) is 5.11 Å². The Morgan fingerprint density at radius 1 is 1.23 bits per heavy atom. The van der Waals surface area contributed by atoms with Crippen molar-refractivity contribution in [3.63, 3.8) is 0 Å². The molecule has 1 rings (SSSR count). The van der Waals surface area contributed by atoms with Crippen molar-refractivity contribution in [1.82, 2.24) is 0 Å². The largest absolute Gasteiger partial charge is 0.504 e. The quantitative estimate of drug-likeness (QED) is 0.702. The zero-order valence-corrected chi connectivity index (χ0v) is 8.12. The van der Waals surface area contributed by atoms with Crippen molar-refractivity contribution < 1.29 is 10.2 Å². The van der Waals surface area contributed by atoms with Gasteiger partial charge in [0.05, 0.1) is 0 Å². The Morgan fingerprint density at radius 2 is 1.92 bits per heavy atom. The maximum Gasteiger partial charge on any atom is 0.157 e. The van der Waals surface area contributed by atoms with E-state index in [1.807, 2.05) is 6.07 Å². The van der Waals surface area contributed by atoms with Gasteiger partial charge >= 0.3 is 0 Å². The Bertz CT molecular complexity index is 281. The fourth-order valence-electron chi connectivity index (χ4n) is 1.45. The second kappa shape index (κ2) is 4.17. The van der Waals surface area contributed by atoms with Crippen LogP contribution >= 0.6 is 0 Å². The lowest BCUT2D eigenvalue weighted by molar-refractivity contribution is 0.402. The van der Waals surface area contributed by atoms with Crippen LogP contribution < -0.4 is 0 Å². The lowest BCUT2D eigenvalue weighted by Crippen LogP contribution is -1.91. The molecule has 0 fully saturated rings. The third kappa shape index (κ3) is 2.38. The Hall–Kier alpha value is -1.18. The van der Waals surface area contributed by atoms with E-state index in [0.29, 0.717) is 5.92 Å². The number of phenolic OH excluding ortho intramolecular Hbond substituents is 2. The summed E-state index contributed by atoms with van der Waals surface area (Å²) in [6.45, 7) is 4.26. The molecule has 1 unspecified atom stereocenters. The van der Waals surface area contributed by atoms with Crippen LogP contribution in [0.25, 0.3) is 0 Å². The lowest BCUT2D eigenvalue weighted by Gasteiger charge is -2.10. The van der Waals surface area contributed by atoms with Gasteiger partial charge in [0.25, 0.3) is 0 Å². The monoisotopic (exact) mass is 180 g/mol. The number of rotatable bonds is 3. The Balaban J connectivity index is 2.84. The maximum absolute atomic E-state index is 9.27. The van der Waals surface area contributed by atoms with E-state index in [1.165, 1.54) is 6.07 Å². The summed E-state index contributed by atoms with van der Waals surface area (Å²) in [5.41, 5.74) is 1.08. The third-order valence-electron chi connectivity index (χ3n) is 2.29. The van der Waals surface area contributed by atoms with Gasteiger partial charge in [-0.2, -0.15) is 0 Å². The van der Waals surface area contributed by atoms with Crippen molar-refractivity contribution in [2.24, 2.45) is 0 Å². The van der Waals surface area contributed by atoms with Gasteiger partial charge < -0.3 is 10.2 Å². The van der Waals surface area contributed by atoms with Crippen LogP contribution in [-0.4, -0.2) is 10.2 Å². The van der Waals surface area contributed by atoms with Crippen LogP contribution in [-0.2, 0) is 0 Å². The highest BCUT2D eigenvalue weighted by Gasteiger charge is 2.06. The predicted octanol–water partition coefficient (Wildman–Crippen LogP) is 3.00. The normalized spacial score (nSPS) is 12.8. The van der Waals surface area contributed by atoms with Crippen molar-refractivity contribution in [1.29, 1.82) is 0 Å². The molecule has 0 amide bonds. The van der Waals surface area contributed by atoms with E-state index in [2.05, 4.69) is 13.8 Å². The second-order valence-electron chi connectivity index (χ2n) is 3.44. The molecule has 0 saturated carbocycles. The Labute approximate surface area is 78.8 Å². The second-order valence-corrected chi connectivity index (χ2v) is 3.44. The first kappa shape index (κ1) is 9.90. The van der Waals surface area contributed by atoms with E-state index in [-0.39, 0.29) is 11.5 Å². The molecule has 0 aliphatic heterocycles. The van der Waals surface area contributed by atoms with Crippen LogP contribution in [0.1, 0.15) is 38.2 Å². The molecule has 1 aromatic carbocycles. The van der Waals surface area contributed by atoms with E-state index in [1.54, 1.807) is 6.07 Å². The van der Waals surface area contributed by atoms with Gasteiger partial charge in [0, 0.05) is 0 Å². The average molecular weight is 180 g/mol. The first-order valence-corrected chi connectivity index (χ1v) is 4.67. The van der Waals surface area contributed by atoms with E-state index in [0.717, 1.165) is 18.4 Å². The molecule has 2 N–H and O–H groups in total. The standard InChI is InChI=1S/C11H16O2/c1-3-4-8(2)9-5-6-10(12)11(13)7-9/h5-8,12-13H,3-4H2,1-2H3. The van der Waals surface area contributed by atoms with Crippen molar-refractivity contribution in [3.8, 4) is 11.5 Å². The van der Waals surface area contributed by atoms with Gasteiger partial charge in [-0.15, -0.1) is 0 Å². The molecule has 2 nitrogen and oxygen atoms in total. The fourth-order valence-corrected chi connectivity index (χ4v) is 1.45. The summed E-state index contributed by atoms with van der Waals surface area (Å²) in [6.07, 6.45) is 2.23. The predicted molar refractivity (Wildman–Crippen MR) is 53.1 cm³/mol. The molecule has 0 aliphatic carbocycles. The summed E-state index contributed by atoms with van der Waals surface area (Å²) in [6, 6.07) is 5.03. The smallest absolute Gasteiger partial charge is 0.157 e.